The number of halogens is 1. The number of amides is 1. The summed E-state index contributed by atoms with van der Waals surface area (Å²) in [7, 11) is 0. The highest BCUT2D eigenvalue weighted by Crippen LogP contribution is 2.32. The zero-order chi connectivity index (χ0) is 19.8. The van der Waals surface area contributed by atoms with Crippen molar-refractivity contribution in [1.29, 1.82) is 0 Å². The van der Waals surface area contributed by atoms with Crippen LogP contribution < -0.4 is 4.90 Å². The van der Waals surface area contributed by atoms with E-state index >= 15 is 0 Å². The van der Waals surface area contributed by atoms with Gasteiger partial charge in [0.25, 0.3) is 5.91 Å². The van der Waals surface area contributed by atoms with E-state index in [1.54, 1.807) is 28.4 Å². The third kappa shape index (κ3) is 3.34. The minimum absolute atomic E-state index is 0.231. The van der Waals surface area contributed by atoms with Crippen LogP contribution in [-0.2, 0) is 6.54 Å². The number of rotatable bonds is 4. The van der Waals surface area contributed by atoms with E-state index in [1.165, 1.54) is 12.1 Å². The highest BCUT2D eigenvalue weighted by atomic mass is 32.1. The Hall–Kier alpha value is -2.92. The molecule has 0 bridgehead atoms. The number of benzene rings is 2. The van der Waals surface area contributed by atoms with Gasteiger partial charge in [0.15, 0.2) is 5.76 Å². The highest BCUT2D eigenvalue weighted by molar-refractivity contribution is 7.09. The molecule has 0 saturated heterocycles. The van der Waals surface area contributed by atoms with Gasteiger partial charge in [-0.1, -0.05) is 12.1 Å². The van der Waals surface area contributed by atoms with Crippen LogP contribution in [0.25, 0.3) is 11.0 Å². The Morgan fingerprint density at radius 1 is 1.11 bits per heavy atom. The number of hydrogen-bond donors (Lipinski definition) is 0. The molecule has 0 N–H and O–H groups in total. The van der Waals surface area contributed by atoms with Gasteiger partial charge < -0.3 is 9.32 Å². The summed E-state index contributed by atoms with van der Waals surface area (Å²) >= 11 is 1.58. The quantitative estimate of drug-likeness (QED) is 0.402. The second-order valence-corrected chi connectivity index (χ2v) is 7.99. The molecule has 4 rings (SSSR count). The number of hydrogen-bond acceptors (Lipinski definition) is 3. The number of nitrogens with zero attached hydrogens (tertiary/aromatic N) is 1. The molecule has 2 aromatic heterocycles. The Bertz CT molecular complexity index is 1140. The lowest BCUT2D eigenvalue weighted by Crippen LogP contribution is -2.30. The van der Waals surface area contributed by atoms with Crippen LogP contribution in [0.5, 0.6) is 0 Å². The lowest BCUT2D eigenvalue weighted by molar-refractivity contribution is 0.0960. The van der Waals surface area contributed by atoms with Crippen molar-refractivity contribution in [3.63, 3.8) is 0 Å². The molecule has 28 heavy (non-hydrogen) atoms. The summed E-state index contributed by atoms with van der Waals surface area (Å²) in [6, 6.07) is 13.9. The summed E-state index contributed by atoms with van der Waals surface area (Å²) in [6.07, 6.45) is 0. The molecule has 2 heterocycles. The summed E-state index contributed by atoms with van der Waals surface area (Å²) in [5.41, 5.74) is 4.35. The molecule has 5 heteroatoms. The molecular weight excluding hydrogens is 373 g/mol. The summed E-state index contributed by atoms with van der Waals surface area (Å²) in [6.45, 7) is 6.34. The van der Waals surface area contributed by atoms with E-state index in [1.807, 2.05) is 44.4 Å². The SMILES string of the molecule is Cc1cc(C)c2c(C)c(C(=O)N(Cc3cccs3)c3ccc(F)cc3)oc2c1. The van der Waals surface area contributed by atoms with Crippen LogP contribution in [0.2, 0.25) is 0 Å². The van der Waals surface area contributed by atoms with Crippen LogP contribution in [0, 0.1) is 26.6 Å². The van der Waals surface area contributed by atoms with Crippen LogP contribution >= 0.6 is 11.3 Å². The Balaban J connectivity index is 1.81. The van der Waals surface area contributed by atoms with Crippen LogP contribution in [0.1, 0.15) is 32.1 Å². The predicted molar refractivity (Wildman–Crippen MR) is 112 cm³/mol. The van der Waals surface area contributed by atoms with Gasteiger partial charge in [-0.3, -0.25) is 4.79 Å². The van der Waals surface area contributed by atoms with Crippen molar-refractivity contribution in [3.8, 4) is 0 Å². The standard InChI is InChI=1S/C23H20FNO2S/c1-14-11-15(2)21-16(3)22(27-20(21)12-14)23(26)25(13-19-5-4-10-28-19)18-8-6-17(24)7-9-18/h4-12H,13H2,1-3H3. The summed E-state index contributed by atoms with van der Waals surface area (Å²) in [5.74, 6) is -0.242. The molecule has 0 aliphatic rings. The third-order valence-electron chi connectivity index (χ3n) is 4.84. The van der Waals surface area contributed by atoms with Gasteiger partial charge in [0.05, 0.1) is 6.54 Å². The topological polar surface area (TPSA) is 33.5 Å². The van der Waals surface area contributed by atoms with Gasteiger partial charge in [-0.15, -0.1) is 11.3 Å². The first kappa shape index (κ1) is 18.4. The van der Waals surface area contributed by atoms with E-state index in [2.05, 4.69) is 6.07 Å². The monoisotopic (exact) mass is 393 g/mol. The maximum absolute atomic E-state index is 13.5. The van der Waals surface area contributed by atoms with Gasteiger partial charge >= 0.3 is 0 Å². The molecule has 2 aromatic carbocycles. The fourth-order valence-electron chi connectivity index (χ4n) is 3.58. The van der Waals surface area contributed by atoms with Crippen molar-refractivity contribution in [1.82, 2.24) is 0 Å². The van der Waals surface area contributed by atoms with Crippen molar-refractivity contribution in [2.75, 3.05) is 4.90 Å². The smallest absolute Gasteiger partial charge is 0.294 e. The van der Waals surface area contributed by atoms with Gasteiger partial charge in [-0.2, -0.15) is 0 Å². The van der Waals surface area contributed by atoms with Crippen molar-refractivity contribution in [2.45, 2.75) is 27.3 Å². The molecule has 4 aromatic rings. The van der Waals surface area contributed by atoms with Gasteiger partial charge in [0.2, 0.25) is 0 Å². The first-order valence-corrected chi connectivity index (χ1v) is 9.92. The molecule has 0 radical (unpaired) electrons. The summed E-state index contributed by atoms with van der Waals surface area (Å²) in [4.78, 5) is 16.2. The van der Waals surface area contributed by atoms with Crippen LogP contribution in [0.4, 0.5) is 10.1 Å². The molecule has 142 valence electrons. The number of carbonyl (C=O) groups is 1. The van der Waals surface area contributed by atoms with Crippen molar-refractivity contribution in [3.05, 3.63) is 87.1 Å². The molecular formula is C23H20FNO2S. The molecule has 1 amide bonds. The Labute approximate surface area is 167 Å². The van der Waals surface area contributed by atoms with Crippen LogP contribution in [0.15, 0.2) is 58.3 Å². The Kier molecular flexibility index (Phi) is 4.77. The summed E-state index contributed by atoms with van der Waals surface area (Å²) < 4.78 is 19.4. The number of furan rings is 1. The fraction of sp³-hybridized carbons (Fsp3) is 0.174. The lowest BCUT2D eigenvalue weighted by Gasteiger charge is -2.21. The van der Waals surface area contributed by atoms with Gasteiger partial charge in [-0.25, -0.2) is 4.39 Å². The minimum atomic E-state index is -0.335. The average molecular weight is 393 g/mol. The minimum Gasteiger partial charge on any atom is -0.451 e. The van der Waals surface area contributed by atoms with Crippen molar-refractivity contribution in [2.24, 2.45) is 0 Å². The van der Waals surface area contributed by atoms with Gasteiger partial charge in [-0.05, 0) is 73.7 Å². The second kappa shape index (κ2) is 7.24. The fourth-order valence-corrected chi connectivity index (χ4v) is 4.27. The molecule has 0 spiro atoms. The summed E-state index contributed by atoms with van der Waals surface area (Å²) in [5, 5.41) is 2.95. The maximum Gasteiger partial charge on any atom is 0.294 e. The second-order valence-electron chi connectivity index (χ2n) is 6.96. The predicted octanol–water partition coefficient (Wildman–Crippen LogP) is 6.41. The number of aryl methyl sites for hydroxylation is 3. The normalized spacial score (nSPS) is 11.1. The third-order valence-corrected chi connectivity index (χ3v) is 5.70. The lowest BCUT2D eigenvalue weighted by atomic mass is 10.0. The van der Waals surface area contributed by atoms with E-state index in [0.717, 1.165) is 27.0 Å². The molecule has 0 unspecified atom stereocenters. The highest BCUT2D eigenvalue weighted by Gasteiger charge is 2.26. The number of carbonyl (C=O) groups excluding carboxylic acids is 1. The van der Waals surface area contributed by atoms with Crippen molar-refractivity contribution >= 4 is 33.9 Å². The average Bonchev–Trinajstić information content (AvgIpc) is 3.28. The van der Waals surface area contributed by atoms with Gasteiger partial charge in [0, 0.05) is 21.5 Å². The molecule has 0 aliphatic carbocycles. The van der Waals surface area contributed by atoms with E-state index < -0.39 is 0 Å². The van der Waals surface area contributed by atoms with Crippen LogP contribution in [0.3, 0.4) is 0 Å². The van der Waals surface area contributed by atoms with Crippen LogP contribution in [-0.4, -0.2) is 5.91 Å². The van der Waals surface area contributed by atoms with E-state index in [-0.39, 0.29) is 11.7 Å². The van der Waals surface area contributed by atoms with Gasteiger partial charge in [0.1, 0.15) is 11.4 Å². The number of thiophene rings is 1. The first-order valence-electron chi connectivity index (χ1n) is 9.04. The Morgan fingerprint density at radius 3 is 2.54 bits per heavy atom. The molecule has 3 nitrogen and oxygen atoms in total. The largest absolute Gasteiger partial charge is 0.451 e. The van der Waals surface area contributed by atoms with E-state index in [4.69, 9.17) is 4.42 Å². The zero-order valence-corrected chi connectivity index (χ0v) is 16.8. The molecule has 0 saturated carbocycles. The molecule has 0 fully saturated rings. The van der Waals surface area contributed by atoms with E-state index in [9.17, 15) is 9.18 Å². The number of anilines is 1. The maximum atomic E-state index is 13.5. The molecule has 0 atom stereocenters. The van der Waals surface area contributed by atoms with Crippen molar-refractivity contribution < 1.29 is 13.6 Å². The number of fused-ring (bicyclic) bond motifs is 1. The first-order chi connectivity index (χ1) is 13.4. The van der Waals surface area contributed by atoms with E-state index in [0.29, 0.717) is 23.6 Å². The zero-order valence-electron chi connectivity index (χ0n) is 16.0. The molecule has 0 aliphatic heterocycles. The Morgan fingerprint density at radius 2 is 1.86 bits per heavy atom.